The summed E-state index contributed by atoms with van der Waals surface area (Å²) >= 11 is 0. The number of nitrogens with one attached hydrogen (secondary N) is 1. The van der Waals surface area contributed by atoms with E-state index in [1.165, 1.54) is 17.0 Å². The number of carbonyl (C=O) groups excluding carboxylic acids is 2. The normalized spacial score (nSPS) is 13.4. The zero-order chi connectivity index (χ0) is 24.5. The van der Waals surface area contributed by atoms with Crippen molar-refractivity contribution < 1.29 is 14.0 Å². The van der Waals surface area contributed by atoms with Crippen LogP contribution in [0.2, 0.25) is 0 Å². The average molecular weight is 464 g/mol. The van der Waals surface area contributed by atoms with E-state index < -0.39 is 11.7 Å². The molecule has 0 spiro atoms. The molecule has 0 bridgehead atoms. The van der Waals surface area contributed by atoms with E-state index in [0.717, 1.165) is 11.3 Å². The minimum Gasteiger partial charge on any atom is -0.333 e. The monoisotopic (exact) mass is 463 g/mol. The van der Waals surface area contributed by atoms with Crippen molar-refractivity contribution in [2.75, 3.05) is 11.4 Å². The molecule has 1 aliphatic rings. The van der Waals surface area contributed by atoms with Crippen molar-refractivity contribution >= 4 is 17.6 Å². The van der Waals surface area contributed by atoms with Gasteiger partial charge in [-0.2, -0.15) is 5.10 Å². The third-order valence-corrected chi connectivity index (χ3v) is 5.82. The number of hydrogen-bond donors (Lipinski definition) is 1. The standard InChI is InChI=1S/C26H30FN5O2/c1-26(2,3)28-25(34)31-15-14-23-20(16-31)22(29-30(23)4)17-32(18-10-6-5-7-11-18)24(33)19-12-8-9-13-21(19)27/h5-13H,14-17H2,1-4H3,(H,28,34). The third kappa shape index (κ3) is 4.95. The predicted octanol–water partition coefficient (Wildman–Crippen LogP) is 4.27. The van der Waals surface area contributed by atoms with E-state index in [9.17, 15) is 14.0 Å². The van der Waals surface area contributed by atoms with Gasteiger partial charge in [0.1, 0.15) is 5.82 Å². The predicted molar refractivity (Wildman–Crippen MR) is 129 cm³/mol. The van der Waals surface area contributed by atoms with Gasteiger partial charge in [-0.3, -0.25) is 9.48 Å². The first-order chi connectivity index (χ1) is 16.1. The number of nitrogens with zero attached hydrogens (tertiary/aromatic N) is 4. The summed E-state index contributed by atoms with van der Waals surface area (Å²) in [6, 6.07) is 15.0. The number of fused-ring (bicyclic) bond motifs is 1. The van der Waals surface area contributed by atoms with Crippen LogP contribution in [0.5, 0.6) is 0 Å². The highest BCUT2D eigenvalue weighted by Gasteiger charge is 2.30. The molecule has 2 heterocycles. The lowest BCUT2D eigenvalue weighted by Crippen LogP contribution is -2.49. The zero-order valence-corrected chi connectivity index (χ0v) is 20.0. The number of amides is 3. The fourth-order valence-corrected chi connectivity index (χ4v) is 4.19. The van der Waals surface area contributed by atoms with Crippen molar-refractivity contribution in [3.05, 3.63) is 82.9 Å². The Bertz CT molecular complexity index is 1200. The van der Waals surface area contributed by atoms with Crippen molar-refractivity contribution in [3.8, 4) is 0 Å². The molecule has 3 aromatic rings. The third-order valence-electron chi connectivity index (χ3n) is 5.82. The highest BCUT2D eigenvalue weighted by atomic mass is 19.1. The first kappa shape index (κ1) is 23.5. The molecule has 1 N–H and O–H groups in total. The summed E-state index contributed by atoms with van der Waals surface area (Å²) in [4.78, 5) is 29.6. The Labute approximate surface area is 199 Å². The van der Waals surface area contributed by atoms with E-state index in [1.54, 1.807) is 17.0 Å². The number of carbonyl (C=O) groups is 2. The van der Waals surface area contributed by atoms with Gasteiger partial charge in [0.2, 0.25) is 0 Å². The molecule has 0 unspecified atom stereocenters. The first-order valence-electron chi connectivity index (χ1n) is 11.4. The molecule has 0 aliphatic carbocycles. The molecular weight excluding hydrogens is 433 g/mol. The Morgan fingerprint density at radius 3 is 2.44 bits per heavy atom. The molecule has 0 atom stereocenters. The molecule has 0 saturated carbocycles. The fourth-order valence-electron chi connectivity index (χ4n) is 4.19. The minimum absolute atomic E-state index is 0.00216. The summed E-state index contributed by atoms with van der Waals surface area (Å²) < 4.78 is 16.3. The van der Waals surface area contributed by atoms with E-state index in [4.69, 9.17) is 5.10 Å². The van der Waals surface area contributed by atoms with Gasteiger partial charge in [-0.05, 0) is 45.0 Å². The summed E-state index contributed by atoms with van der Waals surface area (Å²) in [5.74, 6) is -1.01. The van der Waals surface area contributed by atoms with E-state index in [0.29, 0.717) is 30.9 Å². The highest BCUT2D eigenvalue weighted by molar-refractivity contribution is 6.06. The van der Waals surface area contributed by atoms with E-state index in [2.05, 4.69) is 5.32 Å². The lowest BCUT2D eigenvalue weighted by molar-refractivity contribution is 0.0980. The molecule has 1 aromatic heterocycles. The van der Waals surface area contributed by atoms with Gasteiger partial charge in [-0.15, -0.1) is 0 Å². The Hall–Kier alpha value is -3.68. The molecular formula is C26H30FN5O2. The molecule has 7 nitrogen and oxygen atoms in total. The van der Waals surface area contributed by atoms with Gasteiger partial charge in [0.05, 0.1) is 24.3 Å². The van der Waals surface area contributed by atoms with Crippen LogP contribution in [-0.2, 0) is 26.6 Å². The van der Waals surface area contributed by atoms with Crippen molar-refractivity contribution in [2.45, 2.75) is 45.8 Å². The van der Waals surface area contributed by atoms with Crippen molar-refractivity contribution in [1.29, 1.82) is 0 Å². The molecule has 0 saturated heterocycles. The quantitative estimate of drug-likeness (QED) is 0.628. The van der Waals surface area contributed by atoms with Crippen molar-refractivity contribution in [3.63, 3.8) is 0 Å². The number of urea groups is 1. The summed E-state index contributed by atoms with van der Waals surface area (Å²) in [6.07, 6.45) is 0.670. The maximum atomic E-state index is 14.5. The van der Waals surface area contributed by atoms with Crippen LogP contribution < -0.4 is 10.2 Å². The molecule has 178 valence electrons. The molecule has 34 heavy (non-hydrogen) atoms. The minimum atomic E-state index is -0.568. The molecule has 1 aliphatic heterocycles. The van der Waals surface area contributed by atoms with Gasteiger partial charge in [0.25, 0.3) is 5.91 Å². The number of hydrogen-bond acceptors (Lipinski definition) is 3. The zero-order valence-electron chi connectivity index (χ0n) is 20.0. The summed E-state index contributed by atoms with van der Waals surface area (Å²) in [5.41, 5.74) is 2.97. The van der Waals surface area contributed by atoms with Crippen LogP contribution in [0.25, 0.3) is 0 Å². The lowest BCUT2D eigenvalue weighted by Gasteiger charge is -2.31. The maximum absolute atomic E-state index is 14.5. The maximum Gasteiger partial charge on any atom is 0.318 e. The Kier molecular flexibility index (Phi) is 6.41. The van der Waals surface area contributed by atoms with Crippen LogP contribution in [-0.4, -0.2) is 38.7 Å². The van der Waals surface area contributed by atoms with Gasteiger partial charge in [0, 0.05) is 42.5 Å². The van der Waals surface area contributed by atoms with Crippen molar-refractivity contribution in [1.82, 2.24) is 20.0 Å². The number of aromatic nitrogens is 2. The summed E-state index contributed by atoms with van der Waals surface area (Å²) in [5, 5.41) is 7.71. The van der Waals surface area contributed by atoms with Gasteiger partial charge in [0.15, 0.2) is 0 Å². The molecule has 2 aromatic carbocycles. The molecule has 8 heteroatoms. The molecule has 4 rings (SSSR count). The van der Waals surface area contributed by atoms with Crippen LogP contribution in [0.1, 0.15) is 48.1 Å². The Balaban J connectivity index is 1.67. The smallest absolute Gasteiger partial charge is 0.318 e. The van der Waals surface area contributed by atoms with E-state index in [1.807, 2.05) is 62.8 Å². The first-order valence-corrected chi connectivity index (χ1v) is 11.4. The second-order valence-corrected chi connectivity index (χ2v) is 9.55. The Morgan fingerprint density at radius 2 is 1.76 bits per heavy atom. The highest BCUT2D eigenvalue weighted by Crippen LogP contribution is 2.27. The summed E-state index contributed by atoms with van der Waals surface area (Å²) in [6.45, 7) is 6.99. The van der Waals surface area contributed by atoms with E-state index >= 15 is 0 Å². The topological polar surface area (TPSA) is 70.5 Å². The second kappa shape index (κ2) is 9.29. The molecule has 0 radical (unpaired) electrons. The number of anilines is 1. The number of benzene rings is 2. The fraction of sp³-hybridized carbons (Fsp3) is 0.346. The molecule has 3 amide bonds. The number of para-hydroxylation sites is 1. The number of aryl methyl sites for hydroxylation is 1. The second-order valence-electron chi connectivity index (χ2n) is 9.55. The van der Waals surface area contributed by atoms with Gasteiger partial charge >= 0.3 is 6.03 Å². The van der Waals surface area contributed by atoms with Crippen LogP contribution in [0, 0.1) is 5.82 Å². The number of halogens is 1. The number of rotatable bonds is 4. The molecule has 0 fully saturated rings. The van der Waals surface area contributed by atoms with Crippen LogP contribution >= 0.6 is 0 Å². The largest absolute Gasteiger partial charge is 0.333 e. The van der Waals surface area contributed by atoms with E-state index in [-0.39, 0.29) is 23.7 Å². The van der Waals surface area contributed by atoms with Gasteiger partial charge in [-0.1, -0.05) is 30.3 Å². The lowest BCUT2D eigenvalue weighted by atomic mass is 10.0. The van der Waals surface area contributed by atoms with Crippen LogP contribution in [0.3, 0.4) is 0 Å². The van der Waals surface area contributed by atoms with Crippen LogP contribution in [0.4, 0.5) is 14.9 Å². The van der Waals surface area contributed by atoms with Crippen LogP contribution in [0.15, 0.2) is 54.6 Å². The summed E-state index contributed by atoms with van der Waals surface area (Å²) in [7, 11) is 1.87. The Morgan fingerprint density at radius 1 is 1.09 bits per heavy atom. The van der Waals surface area contributed by atoms with Gasteiger partial charge in [-0.25, -0.2) is 9.18 Å². The van der Waals surface area contributed by atoms with Gasteiger partial charge < -0.3 is 15.1 Å². The van der Waals surface area contributed by atoms with Crippen molar-refractivity contribution in [2.24, 2.45) is 7.05 Å². The SMILES string of the molecule is Cn1nc(CN(C(=O)c2ccccc2F)c2ccccc2)c2c1CCN(C(=O)NC(C)(C)C)C2. The average Bonchev–Trinajstić information content (AvgIpc) is 3.11.